The topological polar surface area (TPSA) is 86.7 Å². The summed E-state index contributed by atoms with van der Waals surface area (Å²) in [5.74, 6) is -1.18. The molecule has 0 radical (unpaired) electrons. The minimum absolute atomic E-state index is 0.0461. The van der Waals surface area contributed by atoms with Crippen LogP contribution in [0.1, 0.15) is 5.56 Å². The van der Waals surface area contributed by atoms with Gasteiger partial charge in [-0.05, 0) is 11.8 Å². The van der Waals surface area contributed by atoms with E-state index in [-0.39, 0.29) is 29.3 Å². The van der Waals surface area contributed by atoms with E-state index in [2.05, 4.69) is 5.32 Å². The summed E-state index contributed by atoms with van der Waals surface area (Å²) in [5.41, 5.74) is 0.913. The monoisotopic (exact) mass is 364 g/mol. The lowest BCUT2D eigenvalue weighted by Gasteiger charge is -2.49. The molecule has 2 aliphatic heterocycles. The Morgan fingerprint density at radius 2 is 2.08 bits per heavy atom. The maximum atomic E-state index is 12.4. The highest BCUT2D eigenvalue weighted by Gasteiger charge is 2.54. The standard InChI is InChI=1S/C16H16N2O4S2/c1-23-10-8-24-15-12(14(20)18(15)13(10)16(21)22)17-11(19)7-9-5-3-2-4-6-9/h2-6,12,15H,7-8H2,1H3,(H,17,19)(H,21,22)/t12?,15-/m1/s1. The van der Waals surface area contributed by atoms with Gasteiger partial charge in [-0.2, -0.15) is 0 Å². The number of nitrogens with one attached hydrogen (secondary N) is 1. The molecule has 2 N–H and O–H groups in total. The van der Waals surface area contributed by atoms with Crippen molar-refractivity contribution >= 4 is 41.3 Å². The summed E-state index contributed by atoms with van der Waals surface area (Å²) in [6, 6.07) is 8.60. The van der Waals surface area contributed by atoms with Crippen LogP contribution < -0.4 is 5.32 Å². The van der Waals surface area contributed by atoms with E-state index in [1.807, 2.05) is 30.3 Å². The van der Waals surface area contributed by atoms with Crippen molar-refractivity contribution in [3.63, 3.8) is 0 Å². The molecule has 0 spiro atoms. The van der Waals surface area contributed by atoms with Crippen molar-refractivity contribution in [2.75, 3.05) is 12.0 Å². The maximum Gasteiger partial charge on any atom is 0.353 e. The zero-order valence-electron chi connectivity index (χ0n) is 12.9. The highest BCUT2D eigenvalue weighted by atomic mass is 32.2. The number of carboxylic acids is 1. The van der Waals surface area contributed by atoms with Gasteiger partial charge in [0.05, 0.1) is 6.42 Å². The first-order valence-corrected chi connectivity index (χ1v) is 9.58. The van der Waals surface area contributed by atoms with E-state index in [4.69, 9.17) is 0 Å². The van der Waals surface area contributed by atoms with Gasteiger partial charge in [0.25, 0.3) is 5.91 Å². The van der Waals surface area contributed by atoms with Crippen LogP contribution >= 0.6 is 23.5 Å². The third-order valence-electron chi connectivity index (χ3n) is 3.91. The number of fused-ring (bicyclic) bond motifs is 1. The minimum atomic E-state index is -1.10. The molecule has 1 fully saturated rings. The Kier molecular flexibility index (Phi) is 4.86. The fourth-order valence-corrected chi connectivity index (χ4v) is 5.00. The number of benzene rings is 1. The second-order valence-corrected chi connectivity index (χ2v) is 7.40. The molecular weight excluding hydrogens is 348 g/mol. The summed E-state index contributed by atoms with van der Waals surface area (Å²) < 4.78 is 0. The van der Waals surface area contributed by atoms with Crippen LogP contribution in [0, 0.1) is 0 Å². The van der Waals surface area contributed by atoms with Crippen molar-refractivity contribution in [2.45, 2.75) is 17.8 Å². The molecule has 1 unspecified atom stereocenters. The molecule has 2 heterocycles. The predicted molar refractivity (Wildman–Crippen MR) is 93.3 cm³/mol. The minimum Gasteiger partial charge on any atom is -0.477 e. The number of aliphatic carboxylic acids is 1. The molecule has 3 rings (SSSR count). The van der Waals surface area contributed by atoms with Gasteiger partial charge in [-0.25, -0.2) is 4.79 Å². The first-order valence-electron chi connectivity index (χ1n) is 7.31. The molecule has 0 aromatic heterocycles. The Hall–Kier alpha value is -1.93. The fourth-order valence-electron chi connectivity index (χ4n) is 2.75. The third kappa shape index (κ3) is 3.03. The van der Waals surface area contributed by atoms with Gasteiger partial charge in [0.15, 0.2) is 0 Å². The zero-order chi connectivity index (χ0) is 17.3. The molecule has 0 bridgehead atoms. The van der Waals surface area contributed by atoms with Gasteiger partial charge in [-0.3, -0.25) is 14.5 Å². The lowest BCUT2D eigenvalue weighted by atomic mass is 10.0. The molecule has 1 aromatic rings. The molecule has 2 atom stereocenters. The Balaban J connectivity index is 1.69. The van der Waals surface area contributed by atoms with Crippen molar-refractivity contribution in [3.05, 3.63) is 46.5 Å². The van der Waals surface area contributed by atoms with E-state index in [1.54, 1.807) is 6.26 Å². The molecule has 24 heavy (non-hydrogen) atoms. The van der Waals surface area contributed by atoms with E-state index in [9.17, 15) is 19.5 Å². The normalized spacial score (nSPS) is 22.7. The second-order valence-electron chi connectivity index (χ2n) is 5.40. The third-order valence-corrected chi connectivity index (χ3v) is 6.20. The Labute approximate surface area is 147 Å². The Morgan fingerprint density at radius 3 is 2.71 bits per heavy atom. The molecule has 0 saturated carbocycles. The van der Waals surface area contributed by atoms with Crippen molar-refractivity contribution < 1.29 is 19.5 Å². The van der Waals surface area contributed by atoms with Gasteiger partial charge in [0, 0.05) is 10.7 Å². The second kappa shape index (κ2) is 6.90. The number of carbonyl (C=O) groups is 3. The highest BCUT2D eigenvalue weighted by Crippen LogP contribution is 2.42. The molecule has 6 nitrogen and oxygen atoms in total. The van der Waals surface area contributed by atoms with Gasteiger partial charge in [-0.15, -0.1) is 23.5 Å². The largest absolute Gasteiger partial charge is 0.477 e. The lowest BCUT2D eigenvalue weighted by molar-refractivity contribution is -0.150. The van der Waals surface area contributed by atoms with Gasteiger partial charge >= 0.3 is 5.97 Å². The van der Waals surface area contributed by atoms with Gasteiger partial charge in [-0.1, -0.05) is 30.3 Å². The highest BCUT2D eigenvalue weighted by molar-refractivity contribution is 8.05. The van der Waals surface area contributed by atoms with Crippen LogP contribution in [0.3, 0.4) is 0 Å². The van der Waals surface area contributed by atoms with E-state index >= 15 is 0 Å². The summed E-state index contributed by atoms with van der Waals surface area (Å²) >= 11 is 2.81. The summed E-state index contributed by atoms with van der Waals surface area (Å²) in [6.07, 6.45) is 1.99. The van der Waals surface area contributed by atoms with E-state index < -0.39 is 12.0 Å². The number of β-lactam (4-membered cyclic amide) rings is 1. The molecule has 1 aromatic carbocycles. The van der Waals surface area contributed by atoms with Crippen molar-refractivity contribution in [1.82, 2.24) is 10.2 Å². The van der Waals surface area contributed by atoms with Crippen LogP contribution in [0.4, 0.5) is 0 Å². The van der Waals surface area contributed by atoms with Crippen LogP contribution in [0.5, 0.6) is 0 Å². The van der Waals surface area contributed by atoms with Crippen LogP contribution in [0.25, 0.3) is 0 Å². The molecule has 8 heteroatoms. The number of thioether (sulfide) groups is 2. The number of nitrogens with zero attached hydrogens (tertiary/aromatic N) is 1. The quantitative estimate of drug-likeness (QED) is 0.766. The number of carboxylic acid groups (broad SMARTS) is 1. The molecule has 2 aliphatic rings. The van der Waals surface area contributed by atoms with Crippen molar-refractivity contribution in [2.24, 2.45) is 0 Å². The Morgan fingerprint density at radius 1 is 1.38 bits per heavy atom. The molecule has 1 saturated heterocycles. The number of rotatable bonds is 5. The number of carbonyl (C=O) groups excluding carboxylic acids is 2. The van der Waals surface area contributed by atoms with Crippen LogP contribution in [-0.4, -0.2) is 51.2 Å². The lowest BCUT2D eigenvalue weighted by Crippen LogP contribution is -2.70. The summed E-state index contributed by atoms with van der Waals surface area (Å²) in [6.45, 7) is 0. The molecule has 2 amide bonds. The van der Waals surface area contributed by atoms with Crippen LogP contribution in [-0.2, 0) is 20.8 Å². The average molecular weight is 364 g/mol. The fraction of sp³-hybridized carbons (Fsp3) is 0.312. The first kappa shape index (κ1) is 16.9. The Bertz CT molecular complexity index is 720. The van der Waals surface area contributed by atoms with Crippen molar-refractivity contribution in [3.8, 4) is 0 Å². The molecular formula is C16H16N2O4S2. The number of hydrogen-bond donors (Lipinski definition) is 2. The number of amides is 2. The van der Waals surface area contributed by atoms with Crippen molar-refractivity contribution in [1.29, 1.82) is 0 Å². The number of hydrogen-bond acceptors (Lipinski definition) is 5. The zero-order valence-corrected chi connectivity index (χ0v) is 14.5. The van der Waals surface area contributed by atoms with Gasteiger partial charge in [0.2, 0.25) is 5.91 Å². The molecule has 126 valence electrons. The smallest absolute Gasteiger partial charge is 0.353 e. The molecule has 0 aliphatic carbocycles. The van der Waals surface area contributed by atoms with Crippen LogP contribution in [0.2, 0.25) is 0 Å². The van der Waals surface area contributed by atoms with Gasteiger partial charge in [0.1, 0.15) is 17.1 Å². The SMILES string of the molecule is CSC1=C(C(=O)O)N2C(=O)C(NC(=O)Cc3ccccc3)[C@H]2SC1. The summed E-state index contributed by atoms with van der Waals surface area (Å²) in [7, 11) is 0. The van der Waals surface area contributed by atoms with Crippen LogP contribution in [0.15, 0.2) is 40.9 Å². The average Bonchev–Trinajstić information content (AvgIpc) is 2.58. The summed E-state index contributed by atoms with van der Waals surface area (Å²) in [5, 5.41) is 11.8. The van der Waals surface area contributed by atoms with E-state index in [0.717, 1.165) is 5.56 Å². The summed E-state index contributed by atoms with van der Waals surface area (Å²) in [4.78, 5) is 37.9. The van der Waals surface area contributed by atoms with E-state index in [1.165, 1.54) is 28.4 Å². The first-order chi connectivity index (χ1) is 11.5. The van der Waals surface area contributed by atoms with Gasteiger partial charge < -0.3 is 10.4 Å². The van der Waals surface area contributed by atoms with E-state index in [0.29, 0.717) is 10.7 Å². The predicted octanol–water partition coefficient (Wildman–Crippen LogP) is 1.29. The maximum absolute atomic E-state index is 12.4.